The van der Waals surface area contributed by atoms with E-state index in [9.17, 15) is 14.7 Å². The molecule has 4 rings (SSSR count). The first kappa shape index (κ1) is 22.5. The van der Waals surface area contributed by atoms with Gasteiger partial charge in [-0.15, -0.1) is 0 Å². The number of carbonyl (C=O) groups excluding carboxylic acids is 2. The number of hydrogen-bond acceptors (Lipinski definition) is 7. The van der Waals surface area contributed by atoms with Crippen LogP contribution in [0.1, 0.15) is 33.5 Å². The lowest BCUT2D eigenvalue weighted by atomic mass is 9.98. The first-order valence-corrected chi connectivity index (χ1v) is 10.5. The minimum absolute atomic E-state index is 0.0820. The second-order valence-corrected chi connectivity index (χ2v) is 7.75. The van der Waals surface area contributed by atoms with Crippen molar-refractivity contribution in [2.45, 2.75) is 25.6 Å². The molecule has 0 radical (unpaired) electrons. The van der Waals surface area contributed by atoms with Crippen molar-refractivity contribution in [1.82, 2.24) is 10.1 Å². The molecule has 0 unspecified atom stereocenters. The van der Waals surface area contributed by atoms with Crippen molar-refractivity contribution in [1.29, 1.82) is 0 Å². The van der Waals surface area contributed by atoms with Gasteiger partial charge in [0.1, 0.15) is 24.2 Å². The molecule has 1 aliphatic heterocycles. The summed E-state index contributed by atoms with van der Waals surface area (Å²) in [7, 11) is 1.60. The van der Waals surface area contributed by atoms with Crippen molar-refractivity contribution in [2.75, 3.05) is 25.6 Å². The topological polar surface area (TPSA) is 114 Å². The quantitative estimate of drug-likeness (QED) is 0.568. The Hall–Kier alpha value is -3.69. The van der Waals surface area contributed by atoms with Crippen LogP contribution in [0, 0.1) is 6.92 Å². The molecule has 1 saturated heterocycles. The number of aliphatic hydroxyl groups is 1. The van der Waals surface area contributed by atoms with Crippen LogP contribution in [0.2, 0.25) is 0 Å². The number of amides is 2. The van der Waals surface area contributed by atoms with Gasteiger partial charge < -0.3 is 29.3 Å². The highest BCUT2D eigenvalue weighted by atomic mass is 16.5. The van der Waals surface area contributed by atoms with Gasteiger partial charge in [-0.3, -0.25) is 9.59 Å². The summed E-state index contributed by atoms with van der Waals surface area (Å²) in [6, 6.07) is 15.5. The largest absolute Gasteiger partial charge is 0.497 e. The van der Waals surface area contributed by atoms with Crippen molar-refractivity contribution in [3.63, 3.8) is 0 Å². The number of aryl methyl sites for hydroxylation is 1. The molecule has 1 aromatic heterocycles. The van der Waals surface area contributed by atoms with Gasteiger partial charge in [0.2, 0.25) is 5.91 Å². The molecular formula is C24H25N3O6. The van der Waals surface area contributed by atoms with Gasteiger partial charge in [-0.1, -0.05) is 29.4 Å². The van der Waals surface area contributed by atoms with Crippen LogP contribution < -0.4 is 10.1 Å². The van der Waals surface area contributed by atoms with Crippen LogP contribution in [-0.2, 0) is 16.1 Å². The van der Waals surface area contributed by atoms with Crippen molar-refractivity contribution in [3.8, 4) is 5.75 Å². The third kappa shape index (κ3) is 5.05. The number of benzene rings is 2. The van der Waals surface area contributed by atoms with Crippen molar-refractivity contribution in [2.24, 2.45) is 0 Å². The Labute approximate surface area is 190 Å². The molecular weight excluding hydrogens is 426 g/mol. The number of aliphatic hydroxyl groups excluding tert-OH is 1. The first-order valence-electron chi connectivity index (χ1n) is 10.5. The van der Waals surface area contributed by atoms with E-state index in [1.54, 1.807) is 49.3 Å². The minimum atomic E-state index is -0.549. The number of ether oxygens (including phenoxy) is 2. The van der Waals surface area contributed by atoms with Gasteiger partial charge >= 0.3 is 0 Å². The highest BCUT2D eigenvalue weighted by Gasteiger charge is 2.37. The molecule has 2 atom stereocenters. The van der Waals surface area contributed by atoms with Crippen LogP contribution in [0.15, 0.2) is 59.1 Å². The molecule has 3 aromatic rings. The molecule has 9 heteroatoms. The van der Waals surface area contributed by atoms with E-state index in [0.29, 0.717) is 18.0 Å². The summed E-state index contributed by atoms with van der Waals surface area (Å²) >= 11 is 0. The lowest BCUT2D eigenvalue weighted by molar-refractivity contribution is -0.162. The number of nitrogens with zero attached hydrogens (tertiary/aromatic N) is 2. The Bertz CT molecular complexity index is 1110. The predicted molar refractivity (Wildman–Crippen MR) is 119 cm³/mol. The number of aromatic nitrogens is 1. The highest BCUT2D eigenvalue weighted by Crippen LogP contribution is 2.31. The maximum absolute atomic E-state index is 12.6. The van der Waals surface area contributed by atoms with E-state index in [1.807, 2.05) is 24.3 Å². The summed E-state index contributed by atoms with van der Waals surface area (Å²) in [5.41, 5.74) is 2.48. The van der Waals surface area contributed by atoms with Gasteiger partial charge in [-0.05, 0) is 42.3 Å². The van der Waals surface area contributed by atoms with Gasteiger partial charge in [0.25, 0.3) is 5.91 Å². The fraction of sp³-hybridized carbons (Fsp3) is 0.292. The molecule has 2 amide bonds. The molecule has 172 valence electrons. The second-order valence-electron chi connectivity index (χ2n) is 7.75. The average molecular weight is 451 g/mol. The van der Waals surface area contributed by atoms with Gasteiger partial charge in [-0.25, -0.2) is 0 Å². The predicted octanol–water partition coefficient (Wildman–Crippen LogP) is 2.70. The number of morpholine rings is 1. The molecule has 9 nitrogen and oxygen atoms in total. The Morgan fingerprint density at radius 3 is 2.55 bits per heavy atom. The summed E-state index contributed by atoms with van der Waals surface area (Å²) in [4.78, 5) is 26.5. The zero-order valence-electron chi connectivity index (χ0n) is 18.4. The van der Waals surface area contributed by atoms with E-state index in [0.717, 1.165) is 16.9 Å². The summed E-state index contributed by atoms with van der Waals surface area (Å²) in [6.07, 6.45) is -0.506. The van der Waals surface area contributed by atoms with E-state index < -0.39 is 12.1 Å². The molecule has 33 heavy (non-hydrogen) atoms. The second kappa shape index (κ2) is 9.85. The fourth-order valence-electron chi connectivity index (χ4n) is 3.77. The molecule has 2 heterocycles. The summed E-state index contributed by atoms with van der Waals surface area (Å²) in [5, 5.41) is 16.6. The zero-order chi connectivity index (χ0) is 23.4. The Kier molecular flexibility index (Phi) is 6.71. The first-order chi connectivity index (χ1) is 16.0. The lowest BCUT2D eigenvalue weighted by Crippen LogP contribution is -2.52. The van der Waals surface area contributed by atoms with Crippen LogP contribution in [0.3, 0.4) is 0 Å². The standard InChI is InChI=1S/C24H25N3O6/c1-15-11-20(26-33-15)24(30)25-18-7-5-17(6-8-18)23-21(13-28)27(22(29)14-32-23)12-16-3-9-19(31-2)10-4-16/h3-11,21,23,28H,12-14H2,1-2H3,(H,25,30)/t21-,23-/m1/s1. The van der Waals surface area contributed by atoms with Crippen LogP contribution in [0.4, 0.5) is 5.69 Å². The van der Waals surface area contributed by atoms with Crippen molar-refractivity contribution in [3.05, 3.63) is 77.2 Å². The maximum Gasteiger partial charge on any atom is 0.277 e. The van der Waals surface area contributed by atoms with Gasteiger partial charge in [0.15, 0.2) is 5.69 Å². The molecule has 0 spiro atoms. The molecule has 2 aromatic carbocycles. The Balaban J connectivity index is 1.47. The fourth-order valence-corrected chi connectivity index (χ4v) is 3.77. The molecule has 1 aliphatic rings. The van der Waals surface area contributed by atoms with Gasteiger partial charge in [-0.2, -0.15) is 0 Å². The Morgan fingerprint density at radius 2 is 1.94 bits per heavy atom. The van der Waals surface area contributed by atoms with E-state index in [1.165, 1.54) is 0 Å². The number of anilines is 1. The molecule has 0 aliphatic carbocycles. The number of methoxy groups -OCH3 is 1. The van der Waals surface area contributed by atoms with E-state index >= 15 is 0 Å². The summed E-state index contributed by atoms with van der Waals surface area (Å²) in [6.45, 7) is 1.72. The van der Waals surface area contributed by atoms with Crippen molar-refractivity contribution < 1.29 is 28.7 Å². The van der Waals surface area contributed by atoms with Gasteiger partial charge in [0.05, 0.1) is 19.8 Å². The third-order valence-electron chi connectivity index (χ3n) is 5.51. The molecule has 0 saturated carbocycles. The number of nitrogens with one attached hydrogen (secondary N) is 1. The van der Waals surface area contributed by atoms with E-state index in [2.05, 4.69) is 10.5 Å². The SMILES string of the molecule is COc1ccc(CN2C(=O)CO[C@H](c3ccc(NC(=O)c4cc(C)on4)cc3)[C@H]2CO)cc1. The van der Waals surface area contributed by atoms with Crippen LogP contribution in [0.5, 0.6) is 5.75 Å². The molecule has 1 fully saturated rings. The highest BCUT2D eigenvalue weighted by molar-refractivity contribution is 6.02. The normalized spacial score (nSPS) is 18.3. The monoisotopic (exact) mass is 451 g/mol. The maximum atomic E-state index is 12.6. The van der Waals surface area contributed by atoms with Crippen LogP contribution >= 0.6 is 0 Å². The van der Waals surface area contributed by atoms with Gasteiger partial charge in [0, 0.05) is 18.3 Å². The van der Waals surface area contributed by atoms with Crippen LogP contribution in [0.25, 0.3) is 0 Å². The number of carbonyl (C=O) groups is 2. The van der Waals surface area contributed by atoms with E-state index in [4.69, 9.17) is 14.0 Å². The molecule has 2 N–H and O–H groups in total. The zero-order valence-corrected chi connectivity index (χ0v) is 18.4. The minimum Gasteiger partial charge on any atom is -0.497 e. The van der Waals surface area contributed by atoms with Crippen LogP contribution in [-0.4, -0.2) is 53.3 Å². The summed E-state index contributed by atoms with van der Waals surface area (Å²) in [5.74, 6) is 0.717. The number of rotatable bonds is 7. The van der Waals surface area contributed by atoms with Crippen molar-refractivity contribution >= 4 is 17.5 Å². The Morgan fingerprint density at radius 1 is 1.21 bits per heavy atom. The van der Waals surface area contributed by atoms with E-state index in [-0.39, 0.29) is 30.7 Å². The lowest BCUT2D eigenvalue weighted by Gasteiger charge is -2.40. The third-order valence-corrected chi connectivity index (χ3v) is 5.51. The smallest absolute Gasteiger partial charge is 0.277 e. The average Bonchev–Trinajstić information content (AvgIpc) is 3.28. The summed E-state index contributed by atoms with van der Waals surface area (Å²) < 4.78 is 15.9. The molecule has 0 bridgehead atoms. The number of hydrogen-bond donors (Lipinski definition) is 2.